The van der Waals surface area contributed by atoms with E-state index in [-0.39, 0.29) is 12.5 Å². The molecule has 5 heteroatoms. The van der Waals surface area contributed by atoms with Crippen LogP contribution in [0.15, 0.2) is 48.5 Å². The van der Waals surface area contributed by atoms with Crippen molar-refractivity contribution in [2.24, 2.45) is 0 Å². The topological polar surface area (TPSA) is 55.6 Å². The monoisotopic (exact) mass is 349 g/mol. The van der Waals surface area contributed by atoms with Gasteiger partial charge in [0.25, 0.3) is 0 Å². The number of hydrogen-bond donors (Lipinski definition) is 1. The summed E-state index contributed by atoms with van der Waals surface area (Å²) in [6, 6.07) is 16.1. The van der Waals surface area contributed by atoms with Crippen LogP contribution >= 0.6 is 0 Å². The Labute approximate surface area is 153 Å². The predicted octanol–water partition coefficient (Wildman–Crippen LogP) is 4.18. The van der Waals surface area contributed by atoms with Crippen LogP contribution in [0.1, 0.15) is 30.8 Å². The van der Waals surface area contributed by atoms with Crippen molar-refractivity contribution in [3.8, 4) is 0 Å². The average Bonchev–Trinajstić information content (AvgIpc) is 3.01. The lowest BCUT2D eigenvalue weighted by Crippen LogP contribution is -2.18. The molecule has 0 amide bonds. The molecule has 0 aliphatic rings. The van der Waals surface area contributed by atoms with Crippen LogP contribution in [0.2, 0.25) is 0 Å². The number of hydrogen-bond acceptors (Lipinski definition) is 4. The third kappa shape index (κ3) is 3.77. The molecule has 0 saturated heterocycles. The highest BCUT2D eigenvalue weighted by Crippen LogP contribution is 2.27. The molecule has 134 valence electrons. The van der Waals surface area contributed by atoms with Gasteiger partial charge in [-0.15, -0.1) is 0 Å². The van der Waals surface area contributed by atoms with E-state index in [1.807, 2.05) is 54.6 Å². The number of nitrogens with one attached hydrogen (secondary N) is 1. The Kier molecular flexibility index (Phi) is 5.37. The number of rotatable bonds is 6. The van der Waals surface area contributed by atoms with Crippen molar-refractivity contribution in [1.82, 2.24) is 9.38 Å². The average molecular weight is 349 g/mol. The summed E-state index contributed by atoms with van der Waals surface area (Å²) in [6.07, 6.45) is 2.09. The molecule has 26 heavy (non-hydrogen) atoms. The van der Waals surface area contributed by atoms with Gasteiger partial charge >= 0.3 is 5.97 Å². The number of aryl methyl sites for hydroxylation is 1. The molecule has 3 aromatic rings. The van der Waals surface area contributed by atoms with Crippen LogP contribution in [0.3, 0.4) is 0 Å². The Morgan fingerprint density at radius 1 is 1.19 bits per heavy atom. The lowest BCUT2D eigenvalue weighted by atomic mass is 10.1. The molecule has 0 unspecified atom stereocenters. The Morgan fingerprint density at radius 2 is 1.96 bits per heavy atom. The summed E-state index contributed by atoms with van der Waals surface area (Å²) in [5, 5.41) is 3.21. The fourth-order valence-corrected chi connectivity index (χ4v) is 2.93. The quantitative estimate of drug-likeness (QED) is 0.678. The number of aromatic nitrogens is 2. The van der Waals surface area contributed by atoms with E-state index in [0.717, 1.165) is 34.0 Å². The number of benzene rings is 1. The maximum absolute atomic E-state index is 11.8. The van der Waals surface area contributed by atoms with E-state index in [4.69, 9.17) is 9.72 Å². The van der Waals surface area contributed by atoms with Crippen molar-refractivity contribution in [3.63, 3.8) is 0 Å². The molecule has 0 aliphatic carbocycles. The number of carbonyl (C=O) groups is 1. The number of anilines is 1. The minimum Gasteiger partial charge on any atom is -0.465 e. The first-order chi connectivity index (χ1) is 12.6. The lowest BCUT2D eigenvalue weighted by molar-refractivity contribution is -0.140. The highest BCUT2D eigenvalue weighted by atomic mass is 16.5. The van der Waals surface area contributed by atoms with Crippen LogP contribution in [-0.2, 0) is 9.53 Å². The highest BCUT2D eigenvalue weighted by molar-refractivity contribution is 5.86. The number of allylic oxidation sites excluding steroid dienone is 1. The number of imidazole rings is 1. The number of pyridine rings is 1. The van der Waals surface area contributed by atoms with Gasteiger partial charge in [-0.05, 0) is 50.1 Å². The summed E-state index contributed by atoms with van der Waals surface area (Å²) < 4.78 is 7.06. The molecule has 0 bridgehead atoms. The van der Waals surface area contributed by atoms with Gasteiger partial charge in [0.15, 0.2) is 0 Å². The molecule has 0 spiro atoms. The second kappa shape index (κ2) is 7.87. The van der Waals surface area contributed by atoms with Crippen LogP contribution in [0.4, 0.5) is 5.82 Å². The number of nitrogens with zero attached hydrogens (tertiary/aromatic N) is 2. The van der Waals surface area contributed by atoms with E-state index < -0.39 is 0 Å². The second-order valence-corrected chi connectivity index (χ2v) is 6.07. The first-order valence-electron chi connectivity index (χ1n) is 8.71. The lowest BCUT2D eigenvalue weighted by Gasteiger charge is -2.10. The Balaban J connectivity index is 2.03. The zero-order chi connectivity index (χ0) is 18.5. The summed E-state index contributed by atoms with van der Waals surface area (Å²) in [5.74, 6) is 0.516. The van der Waals surface area contributed by atoms with Crippen molar-refractivity contribution >= 4 is 29.1 Å². The van der Waals surface area contributed by atoms with E-state index >= 15 is 0 Å². The van der Waals surface area contributed by atoms with E-state index in [1.165, 1.54) is 0 Å². The molecule has 0 aliphatic heterocycles. The first kappa shape index (κ1) is 17.7. The van der Waals surface area contributed by atoms with Gasteiger partial charge in [-0.1, -0.05) is 36.4 Å². The van der Waals surface area contributed by atoms with Crippen molar-refractivity contribution in [3.05, 3.63) is 65.5 Å². The Morgan fingerprint density at radius 3 is 2.69 bits per heavy atom. The minimum absolute atomic E-state index is 0.0988. The van der Waals surface area contributed by atoms with Gasteiger partial charge in [0.05, 0.1) is 6.61 Å². The fourth-order valence-electron chi connectivity index (χ4n) is 2.93. The maximum Gasteiger partial charge on any atom is 0.325 e. The molecule has 1 N–H and O–H groups in total. The van der Waals surface area contributed by atoms with Gasteiger partial charge in [0, 0.05) is 5.69 Å². The molecule has 2 aromatic heterocycles. The summed E-state index contributed by atoms with van der Waals surface area (Å²) in [4.78, 5) is 16.6. The standard InChI is InChI=1S/C21H23N3O2/c1-4-26-19(25)14-22-21-20(15(2)13-17-10-6-5-7-11-17)23-18-12-8-9-16(3)24(18)21/h5-13,22H,4,14H2,1-3H3/b15-13+. The predicted molar refractivity (Wildman–Crippen MR) is 105 cm³/mol. The molecule has 0 fully saturated rings. The van der Waals surface area contributed by atoms with Crippen molar-refractivity contribution < 1.29 is 9.53 Å². The van der Waals surface area contributed by atoms with Gasteiger partial charge in [-0.2, -0.15) is 0 Å². The Hall–Kier alpha value is -3.08. The van der Waals surface area contributed by atoms with Crippen LogP contribution < -0.4 is 5.32 Å². The van der Waals surface area contributed by atoms with Crippen molar-refractivity contribution in [2.45, 2.75) is 20.8 Å². The van der Waals surface area contributed by atoms with E-state index in [9.17, 15) is 4.79 Å². The summed E-state index contributed by atoms with van der Waals surface area (Å²) in [6.45, 7) is 6.31. The Bertz CT molecular complexity index is 943. The van der Waals surface area contributed by atoms with Gasteiger partial charge in [0.2, 0.25) is 0 Å². The van der Waals surface area contributed by atoms with E-state index in [1.54, 1.807) is 6.92 Å². The number of ether oxygens (including phenoxy) is 1. The molecular weight excluding hydrogens is 326 g/mol. The summed E-state index contributed by atoms with van der Waals surface area (Å²) in [7, 11) is 0. The van der Waals surface area contributed by atoms with Crippen LogP contribution in [0, 0.1) is 6.92 Å². The number of fused-ring (bicyclic) bond motifs is 1. The van der Waals surface area contributed by atoms with Gasteiger partial charge in [0.1, 0.15) is 23.7 Å². The summed E-state index contributed by atoms with van der Waals surface area (Å²) in [5.41, 5.74) is 4.83. The normalized spacial score (nSPS) is 11.6. The molecular formula is C21H23N3O2. The van der Waals surface area contributed by atoms with Gasteiger partial charge < -0.3 is 10.1 Å². The van der Waals surface area contributed by atoms with Crippen molar-refractivity contribution in [2.75, 3.05) is 18.5 Å². The first-order valence-corrected chi connectivity index (χ1v) is 8.71. The van der Waals surface area contributed by atoms with Crippen LogP contribution in [0.5, 0.6) is 0 Å². The minimum atomic E-state index is -0.285. The molecule has 2 heterocycles. The SMILES string of the molecule is CCOC(=O)CNc1c(/C(C)=C/c2ccccc2)nc2cccc(C)n12. The zero-order valence-electron chi connectivity index (χ0n) is 15.3. The highest BCUT2D eigenvalue weighted by Gasteiger charge is 2.16. The summed E-state index contributed by atoms with van der Waals surface area (Å²) >= 11 is 0. The van der Waals surface area contributed by atoms with Crippen molar-refractivity contribution in [1.29, 1.82) is 0 Å². The fraction of sp³-hybridized carbons (Fsp3) is 0.238. The van der Waals surface area contributed by atoms with Crippen LogP contribution in [-0.4, -0.2) is 28.5 Å². The molecule has 0 atom stereocenters. The largest absolute Gasteiger partial charge is 0.465 e. The zero-order valence-corrected chi connectivity index (χ0v) is 15.3. The maximum atomic E-state index is 11.8. The molecule has 3 rings (SSSR count). The molecule has 5 nitrogen and oxygen atoms in total. The number of esters is 1. The smallest absolute Gasteiger partial charge is 0.325 e. The molecule has 1 aromatic carbocycles. The van der Waals surface area contributed by atoms with Gasteiger partial charge in [-0.25, -0.2) is 4.98 Å². The van der Waals surface area contributed by atoms with E-state index in [2.05, 4.69) is 23.5 Å². The second-order valence-electron chi connectivity index (χ2n) is 6.07. The molecule has 0 radical (unpaired) electrons. The van der Waals surface area contributed by atoms with Crippen LogP contribution in [0.25, 0.3) is 17.3 Å². The van der Waals surface area contributed by atoms with Gasteiger partial charge in [-0.3, -0.25) is 9.20 Å². The molecule has 0 saturated carbocycles. The van der Waals surface area contributed by atoms with E-state index in [0.29, 0.717) is 6.61 Å². The third-order valence-corrected chi connectivity index (χ3v) is 4.10. The number of carbonyl (C=O) groups excluding carboxylic acids is 1. The third-order valence-electron chi connectivity index (χ3n) is 4.10.